The molecule has 4 nitrogen and oxygen atoms in total. The number of para-hydroxylation sites is 1. The Morgan fingerprint density at radius 3 is 2.65 bits per heavy atom. The van der Waals surface area contributed by atoms with E-state index in [1.807, 2.05) is 0 Å². The lowest BCUT2D eigenvalue weighted by atomic mass is 10.3. The summed E-state index contributed by atoms with van der Waals surface area (Å²) in [6.07, 6.45) is -1.09. The zero-order chi connectivity index (χ0) is 12.7. The summed E-state index contributed by atoms with van der Waals surface area (Å²) in [6.45, 7) is 2.66. The zero-order valence-corrected chi connectivity index (χ0v) is 9.84. The maximum Gasteiger partial charge on any atom is 0.165 e. The van der Waals surface area contributed by atoms with Gasteiger partial charge in [0.15, 0.2) is 11.6 Å². The fourth-order valence-corrected chi connectivity index (χ4v) is 1.35. The highest BCUT2D eigenvalue weighted by Crippen LogP contribution is 2.15. The Labute approximate surface area is 100 Å². The standard InChI is InChI=1S/C12H18FNO3/c1-9(15)6-14-7-10(16)8-17-12-5-3-2-4-11(12)13/h2-5,9-10,14-16H,6-8H2,1H3/p+1/t9-,10+/m0/s1. The van der Waals surface area contributed by atoms with Crippen LogP contribution < -0.4 is 10.1 Å². The minimum atomic E-state index is -0.687. The van der Waals surface area contributed by atoms with Crippen molar-refractivity contribution in [1.82, 2.24) is 0 Å². The van der Waals surface area contributed by atoms with E-state index in [-0.39, 0.29) is 12.4 Å². The molecule has 0 saturated heterocycles. The Morgan fingerprint density at radius 2 is 2.00 bits per heavy atom. The van der Waals surface area contributed by atoms with Crippen LogP contribution in [0.4, 0.5) is 4.39 Å². The summed E-state index contributed by atoms with van der Waals surface area (Å²) in [5.74, 6) is -0.297. The summed E-state index contributed by atoms with van der Waals surface area (Å²) in [4.78, 5) is 0. The first kappa shape index (κ1) is 13.9. The second-order valence-electron chi connectivity index (χ2n) is 4.00. The molecule has 17 heavy (non-hydrogen) atoms. The molecule has 96 valence electrons. The molecule has 0 aliphatic rings. The second kappa shape index (κ2) is 7.21. The molecular weight excluding hydrogens is 225 g/mol. The van der Waals surface area contributed by atoms with Crippen LogP contribution in [-0.4, -0.2) is 42.1 Å². The summed E-state index contributed by atoms with van der Waals surface area (Å²) in [5, 5.41) is 20.4. The highest BCUT2D eigenvalue weighted by molar-refractivity contribution is 5.23. The van der Waals surface area contributed by atoms with Crippen LogP contribution in [0.25, 0.3) is 0 Å². The molecule has 0 unspecified atom stereocenters. The normalized spacial score (nSPS) is 14.4. The lowest BCUT2D eigenvalue weighted by molar-refractivity contribution is -0.666. The molecule has 0 amide bonds. The van der Waals surface area contributed by atoms with Crippen LogP contribution in [0.3, 0.4) is 0 Å². The largest absolute Gasteiger partial charge is 0.488 e. The van der Waals surface area contributed by atoms with Crippen LogP contribution in [0.5, 0.6) is 5.75 Å². The van der Waals surface area contributed by atoms with Crippen molar-refractivity contribution in [2.75, 3.05) is 19.7 Å². The third kappa shape index (κ3) is 5.63. The Hall–Kier alpha value is -1.17. The van der Waals surface area contributed by atoms with Gasteiger partial charge in [0, 0.05) is 0 Å². The van der Waals surface area contributed by atoms with Gasteiger partial charge in [0.2, 0.25) is 0 Å². The van der Waals surface area contributed by atoms with Gasteiger partial charge in [-0.05, 0) is 19.1 Å². The maximum absolute atomic E-state index is 13.2. The van der Waals surface area contributed by atoms with Gasteiger partial charge < -0.3 is 20.3 Å². The van der Waals surface area contributed by atoms with Crippen LogP contribution in [-0.2, 0) is 0 Å². The van der Waals surface area contributed by atoms with Gasteiger partial charge in [-0.15, -0.1) is 0 Å². The fourth-order valence-electron chi connectivity index (χ4n) is 1.35. The van der Waals surface area contributed by atoms with Gasteiger partial charge in [0.25, 0.3) is 0 Å². The Morgan fingerprint density at radius 1 is 1.29 bits per heavy atom. The van der Waals surface area contributed by atoms with Crippen LogP contribution >= 0.6 is 0 Å². The summed E-state index contributed by atoms with van der Waals surface area (Å²) >= 11 is 0. The smallest absolute Gasteiger partial charge is 0.165 e. The van der Waals surface area contributed by atoms with Gasteiger partial charge in [0.05, 0.1) is 6.10 Å². The third-order valence-electron chi connectivity index (χ3n) is 2.21. The molecule has 1 rings (SSSR count). The van der Waals surface area contributed by atoms with Crippen LogP contribution in [0.15, 0.2) is 24.3 Å². The Balaban J connectivity index is 2.24. The maximum atomic E-state index is 13.2. The van der Waals surface area contributed by atoms with Crippen molar-refractivity contribution in [2.24, 2.45) is 0 Å². The molecule has 0 spiro atoms. The zero-order valence-electron chi connectivity index (χ0n) is 9.84. The van der Waals surface area contributed by atoms with E-state index < -0.39 is 18.0 Å². The molecule has 0 radical (unpaired) electrons. The minimum absolute atomic E-state index is 0.0389. The van der Waals surface area contributed by atoms with Crippen molar-refractivity contribution in [1.29, 1.82) is 0 Å². The summed E-state index contributed by atoms with van der Waals surface area (Å²) in [5.41, 5.74) is 0. The van der Waals surface area contributed by atoms with E-state index in [9.17, 15) is 9.50 Å². The molecule has 1 aromatic rings. The van der Waals surface area contributed by atoms with E-state index in [0.717, 1.165) is 0 Å². The quantitative estimate of drug-likeness (QED) is 0.606. The first-order chi connectivity index (χ1) is 8.09. The number of halogens is 1. The van der Waals surface area contributed by atoms with Crippen LogP contribution in [0, 0.1) is 5.82 Å². The topological polar surface area (TPSA) is 66.3 Å². The second-order valence-corrected chi connectivity index (χ2v) is 4.00. The number of hydrogen-bond acceptors (Lipinski definition) is 3. The predicted molar refractivity (Wildman–Crippen MR) is 61.2 cm³/mol. The number of hydrogen-bond donors (Lipinski definition) is 3. The van der Waals surface area contributed by atoms with Gasteiger partial charge in [-0.2, -0.15) is 0 Å². The minimum Gasteiger partial charge on any atom is -0.488 e. The van der Waals surface area contributed by atoms with Crippen molar-refractivity contribution in [3.8, 4) is 5.75 Å². The average Bonchev–Trinajstić information content (AvgIpc) is 2.27. The molecule has 5 heteroatoms. The summed E-state index contributed by atoms with van der Waals surface area (Å²) in [7, 11) is 0. The van der Waals surface area contributed by atoms with Crippen molar-refractivity contribution in [2.45, 2.75) is 19.1 Å². The molecule has 0 saturated carbocycles. The number of quaternary nitrogens is 1. The first-order valence-electron chi connectivity index (χ1n) is 5.64. The van der Waals surface area contributed by atoms with E-state index in [1.165, 1.54) is 12.1 Å². The van der Waals surface area contributed by atoms with Gasteiger partial charge in [0.1, 0.15) is 25.8 Å². The number of rotatable bonds is 7. The molecule has 0 aliphatic heterocycles. The van der Waals surface area contributed by atoms with E-state index in [2.05, 4.69) is 0 Å². The molecule has 4 N–H and O–H groups in total. The number of ether oxygens (including phenoxy) is 1. The van der Waals surface area contributed by atoms with E-state index in [4.69, 9.17) is 9.84 Å². The average molecular weight is 244 g/mol. The Bertz CT molecular complexity index is 333. The SMILES string of the molecule is C[C@H](O)C[NH2+]C[C@@H](O)COc1ccccc1F. The van der Waals surface area contributed by atoms with Gasteiger partial charge >= 0.3 is 0 Å². The lowest BCUT2D eigenvalue weighted by Gasteiger charge is -2.12. The van der Waals surface area contributed by atoms with E-state index in [0.29, 0.717) is 13.1 Å². The van der Waals surface area contributed by atoms with E-state index >= 15 is 0 Å². The first-order valence-corrected chi connectivity index (χ1v) is 5.64. The number of aliphatic hydroxyl groups excluding tert-OH is 2. The molecule has 1 aromatic carbocycles. The van der Waals surface area contributed by atoms with Gasteiger partial charge in [-0.3, -0.25) is 0 Å². The molecule has 2 atom stereocenters. The van der Waals surface area contributed by atoms with Crippen molar-refractivity contribution < 1.29 is 24.7 Å². The van der Waals surface area contributed by atoms with Crippen molar-refractivity contribution >= 4 is 0 Å². The van der Waals surface area contributed by atoms with Gasteiger partial charge in [-0.25, -0.2) is 4.39 Å². The molecule has 0 bridgehead atoms. The highest BCUT2D eigenvalue weighted by atomic mass is 19.1. The highest BCUT2D eigenvalue weighted by Gasteiger charge is 2.10. The number of nitrogens with two attached hydrogens (primary N) is 1. The molecular formula is C12H19FNO3+. The molecule has 0 aliphatic carbocycles. The Kier molecular flexibility index (Phi) is 5.90. The fraction of sp³-hybridized carbons (Fsp3) is 0.500. The molecule has 0 fully saturated rings. The van der Waals surface area contributed by atoms with E-state index in [1.54, 1.807) is 24.4 Å². The predicted octanol–water partition coefficient (Wildman–Crippen LogP) is -0.490. The van der Waals surface area contributed by atoms with Crippen LogP contribution in [0.2, 0.25) is 0 Å². The monoisotopic (exact) mass is 244 g/mol. The number of benzene rings is 1. The van der Waals surface area contributed by atoms with Crippen LogP contribution in [0.1, 0.15) is 6.92 Å². The van der Waals surface area contributed by atoms with Gasteiger partial charge in [-0.1, -0.05) is 12.1 Å². The third-order valence-corrected chi connectivity index (χ3v) is 2.21. The lowest BCUT2D eigenvalue weighted by Crippen LogP contribution is -2.88. The summed E-state index contributed by atoms with van der Waals surface area (Å²) < 4.78 is 18.3. The summed E-state index contributed by atoms with van der Waals surface area (Å²) in [6, 6.07) is 6.07. The molecule has 0 heterocycles. The number of aliphatic hydroxyl groups is 2. The van der Waals surface area contributed by atoms with Crippen molar-refractivity contribution in [3.63, 3.8) is 0 Å². The van der Waals surface area contributed by atoms with Crippen molar-refractivity contribution in [3.05, 3.63) is 30.1 Å². The molecule has 0 aromatic heterocycles.